The highest BCUT2D eigenvalue weighted by Gasteiger charge is 2.27. The number of aromatic nitrogens is 2. The zero-order valence-electron chi connectivity index (χ0n) is 15.4. The lowest BCUT2D eigenvalue weighted by Crippen LogP contribution is -2.30. The van der Waals surface area contributed by atoms with E-state index >= 15 is 0 Å². The average Bonchev–Trinajstić information content (AvgIpc) is 3.30. The molecule has 1 aromatic carbocycles. The molecule has 27 heavy (non-hydrogen) atoms. The summed E-state index contributed by atoms with van der Waals surface area (Å²) in [6.45, 7) is 4.18. The van der Waals surface area contributed by atoms with Gasteiger partial charge in [0.25, 0.3) is 5.56 Å². The van der Waals surface area contributed by atoms with Gasteiger partial charge in [-0.15, -0.1) is 11.3 Å². The predicted octanol–water partition coefficient (Wildman–Crippen LogP) is 4.83. The molecule has 1 aliphatic carbocycles. The number of hydrogen-bond acceptors (Lipinski definition) is 4. The summed E-state index contributed by atoms with van der Waals surface area (Å²) in [5, 5.41) is 1.50. The molecule has 1 aliphatic heterocycles. The molecule has 0 saturated carbocycles. The third kappa shape index (κ3) is 2.88. The van der Waals surface area contributed by atoms with Crippen LogP contribution in [0.5, 0.6) is 0 Å². The molecule has 1 saturated heterocycles. The first-order valence-electron chi connectivity index (χ1n) is 9.70. The molecule has 5 rings (SSSR count). The fourth-order valence-electron chi connectivity index (χ4n) is 4.34. The molecule has 1 unspecified atom stereocenters. The van der Waals surface area contributed by atoms with E-state index in [1.54, 1.807) is 15.9 Å². The van der Waals surface area contributed by atoms with Gasteiger partial charge in [0.1, 0.15) is 4.83 Å². The maximum Gasteiger partial charge on any atom is 0.268 e. The van der Waals surface area contributed by atoms with Gasteiger partial charge in [-0.05, 0) is 67.9 Å². The van der Waals surface area contributed by atoms with Crippen molar-refractivity contribution in [3.8, 4) is 5.69 Å². The summed E-state index contributed by atoms with van der Waals surface area (Å²) in [6.07, 6.45) is 5.54. The molecule has 3 aromatic rings. The average molecular weight is 400 g/mol. The predicted molar refractivity (Wildman–Crippen MR) is 113 cm³/mol. The smallest absolute Gasteiger partial charge is 0.268 e. The highest BCUT2D eigenvalue weighted by molar-refractivity contribution is 7.18. The van der Waals surface area contributed by atoms with Crippen LogP contribution in [0.25, 0.3) is 15.9 Å². The molecule has 0 N–H and O–H groups in total. The third-order valence-electron chi connectivity index (χ3n) is 5.78. The highest BCUT2D eigenvalue weighted by Crippen LogP contribution is 2.37. The molecule has 0 amide bonds. The molecule has 0 spiro atoms. The molecule has 3 heterocycles. The Bertz CT molecular complexity index is 1060. The van der Waals surface area contributed by atoms with Crippen LogP contribution in [0.1, 0.15) is 36.6 Å². The minimum atomic E-state index is 0.0656. The van der Waals surface area contributed by atoms with Crippen LogP contribution in [0.3, 0.4) is 0 Å². The van der Waals surface area contributed by atoms with E-state index in [0.717, 1.165) is 60.6 Å². The number of halogens is 1. The first-order valence-corrected chi connectivity index (χ1v) is 10.9. The van der Waals surface area contributed by atoms with E-state index in [1.807, 2.05) is 24.3 Å². The van der Waals surface area contributed by atoms with E-state index in [-0.39, 0.29) is 5.56 Å². The van der Waals surface area contributed by atoms with Crippen molar-refractivity contribution in [3.63, 3.8) is 0 Å². The summed E-state index contributed by atoms with van der Waals surface area (Å²) >= 11 is 7.81. The van der Waals surface area contributed by atoms with Crippen molar-refractivity contribution >= 4 is 39.1 Å². The van der Waals surface area contributed by atoms with Gasteiger partial charge in [0.15, 0.2) is 0 Å². The van der Waals surface area contributed by atoms with Crippen LogP contribution < -0.4 is 10.5 Å². The topological polar surface area (TPSA) is 38.1 Å². The van der Waals surface area contributed by atoms with E-state index in [0.29, 0.717) is 10.9 Å². The Labute approximate surface area is 167 Å². The van der Waals surface area contributed by atoms with Crippen LogP contribution in [0.15, 0.2) is 29.1 Å². The van der Waals surface area contributed by atoms with Crippen molar-refractivity contribution in [1.29, 1.82) is 0 Å². The van der Waals surface area contributed by atoms with Crippen LogP contribution in [-0.4, -0.2) is 22.6 Å². The van der Waals surface area contributed by atoms with E-state index in [9.17, 15) is 4.79 Å². The molecule has 1 atom stereocenters. The number of rotatable bonds is 2. The quantitative estimate of drug-likeness (QED) is 0.619. The Morgan fingerprint density at radius 1 is 1.19 bits per heavy atom. The molecule has 0 bridgehead atoms. The van der Waals surface area contributed by atoms with Crippen LogP contribution in [-0.2, 0) is 12.8 Å². The largest absolute Gasteiger partial charge is 0.342 e. The monoisotopic (exact) mass is 399 g/mol. The van der Waals surface area contributed by atoms with E-state index in [4.69, 9.17) is 16.6 Å². The fraction of sp³-hybridized carbons (Fsp3) is 0.429. The maximum atomic E-state index is 13.7. The van der Waals surface area contributed by atoms with Crippen molar-refractivity contribution in [2.24, 2.45) is 5.92 Å². The Morgan fingerprint density at radius 3 is 2.67 bits per heavy atom. The second-order valence-electron chi connectivity index (χ2n) is 7.75. The van der Waals surface area contributed by atoms with Crippen LogP contribution in [0, 0.1) is 5.92 Å². The minimum absolute atomic E-state index is 0.0656. The summed E-state index contributed by atoms with van der Waals surface area (Å²) in [7, 11) is 0. The number of nitrogens with zero attached hydrogens (tertiary/aromatic N) is 3. The Balaban J connectivity index is 1.80. The lowest BCUT2D eigenvalue weighted by atomic mass is 9.89. The van der Waals surface area contributed by atoms with Crippen molar-refractivity contribution < 1.29 is 0 Å². The van der Waals surface area contributed by atoms with Gasteiger partial charge in [-0.25, -0.2) is 9.55 Å². The van der Waals surface area contributed by atoms with Gasteiger partial charge in [-0.3, -0.25) is 4.79 Å². The van der Waals surface area contributed by atoms with E-state index in [2.05, 4.69) is 11.8 Å². The molecule has 140 valence electrons. The van der Waals surface area contributed by atoms with Crippen LogP contribution >= 0.6 is 22.9 Å². The van der Waals surface area contributed by atoms with Crippen molar-refractivity contribution in [2.45, 2.75) is 39.0 Å². The van der Waals surface area contributed by atoms with Gasteiger partial charge in [-0.1, -0.05) is 18.5 Å². The van der Waals surface area contributed by atoms with Crippen LogP contribution in [0.4, 0.5) is 5.95 Å². The molecule has 0 radical (unpaired) electrons. The highest BCUT2D eigenvalue weighted by atomic mass is 35.5. The molecule has 6 heteroatoms. The number of hydrogen-bond donors (Lipinski definition) is 0. The molecule has 2 aromatic heterocycles. The van der Waals surface area contributed by atoms with Gasteiger partial charge in [0.2, 0.25) is 5.95 Å². The lowest BCUT2D eigenvalue weighted by Gasteiger charge is -2.22. The number of benzene rings is 1. The summed E-state index contributed by atoms with van der Waals surface area (Å²) in [5.41, 5.74) is 2.14. The zero-order valence-corrected chi connectivity index (χ0v) is 16.9. The van der Waals surface area contributed by atoms with Gasteiger partial charge in [0.05, 0.1) is 11.1 Å². The van der Waals surface area contributed by atoms with Crippen molar-refractivity contribution in [2.75, 3.05) is 18.0 Å². The lowest BCUT2D eigenvalue weighted by molar-refractivity contribution is 0.508. The molecular weight excluding hydrogens is 378 g/mol. The first-order chi connectivity index (χ1) is 13.1. The number of aryl methyl sites for hydroxylation is 1. The summed E-state index contributed by atoms with van der Waals surface area (Å²) in [5.74, 6) is 1.40. The van der Waals surface area contributed by atoms with Gasteiger partial charge >= 0.3 is 0 Å². The minimum Gasteiger partial charge on any atom is -0.342 e. The summed E-state index contributed by atoms with van der Waals surface area (Å²) < 4.78 is 1.80. The molecule has 4 nitrogen and oxygen atoms in total. The Morgan fingerprint density at radius 2 is 1.93 bits per heavy atom. The number of anilines is 1. The summed E-state index contributed by atoms with van der Waals surface area (Å²) in [4.78, 5) is 23.2. The summed E-state index contributed by atoms with van der Waals surface area (Å²) in [6, 6.07) is 7.51. The maximum absolute atomic E-state index is 13.7. The Kier molecular flexibility index (Phi) is 4.25. The van der Waals surface area contributed by atoms with Crippen molar-refractivity contribution in [1.82, 2.24) is 9.55 Å². The first kappa shape index (κ1) is 17.3. The molecule has 1 fully saturated rings. The molecular formula is C21H22ClN3OS. The fourth-order valence-corrected chi connectivity index (χ4v) is 5.67. The second-order valence-corrected chi connectivity index (χ2v) is 9.27. The van der Waals surface area contributed by atoms with E-state index < -0.39 is 0 Å². The Hall–Kier alpha value is -1.85. The third-order valence-corrected chi connectivity index (χ3v) is 7.22. The normalized spacial score (nSPS) is 19.6. The SMILES string of the molecule is CC1CCc2sc3nc(N4CCCC4)n(-c4ccc(Cl)cc4)c(=O)c3c2C1. The van der Waals surface area contributed by atoms with E-state index in [1.165, 1.54) is 16.9 Å². The number of fused-ring (bicyclic) bond motifs is 3. The van der Waals surface area contributed by atoms with Gasteiger partial charge in [0, 0.05) is 23.0 Å². The van der Waals surface area contributed by atoms with Gasteiger partial charge < -0.3 is 4.90 Å². The van der Waals surface area contributed by atoms with Gasteiger partial charge in [-0.2, -0.15) is 0 Å². The zero-order chi connectivity index (χ0) is 18.5. The van der Waals surface area contributed by atoms with Crippen molar-refractivity contribution in [3.05, 3.63) is 50.1 Å². The molecule has 2 aliphatic rings. The second kappa shape index (κ2) is 6.64. The van der Waals surface area contributed by atoms with Crippen LogP contribution in [0.2, 0.25) is 5.02 Å². The number of thiophene rings is 1. The standard InChI is InChI=1S/C21H22ClN3OS/c1-13-4-9-17-16(12-13)18-19(27-17)23-21(24-10-2-3-11-24)25(20(18)26)15-7-5-14(22)6-8-15/h5-8,13H,2-4,9-12H2,1H3.